The molecule has 4 heterocycles. The quantitative estimate of drug-likeness (QED) is 0.286. The van der Waals surface area contributed by atoms with Crippen LogP contribution in [0.15, 0.2) is 53.7 Å². The summed E-state index contributed by atoms with van der Waals surface area (Å²) in [5.74, 6) is -0.826. The topological polar surface area (TPSA) is 144 Å². The van der Waals surface area contributed by atoms with Crippen molar-refractivity contribution < 1.29 is 23.8 Å². The van der Waals surface area contributed by atoms with Crippen LogP contribution in [0.5, 0.6) is 0 Å². The highest BCUT2D eigenvalue weighted by atomic mass is 19.1. The Hall–Kier alpha value is -4.65. The summed E-state index contributed by atoms with van der Waals surface area (Å²) in [4.78, 5) is 49.0. The number of fused-ring (bicyclic) bond motifs is 1. The van der Waals surface area contributed by atoms with Gasteiger partial charge in [-0.3, -0.25) is 19.1 Å². The van der Waals surface area contributed by atoms with Crippen molar-refractivity contribution in [3.8, 4) is 5.82 Å². The van der Waals surface area contributed by atoms with Crippen molar-refractivity contribution >= 4 is 34.8 Å². The van der Waals surface area contributed by atoms with E-state index >= 15 is 0 Å². The SMILES string of the molecule is CC(CO)CCC(=O)c1cnn2c(N(C)C(=O)OC(C)(C)C)cc(Nc3cccn(-c4ncccc4F)c3=O)nc12. The number of ether oxygens (including phenoxy) is 1. The van der Waals surface area contributed by atoms with Gasteiger partial charge in [0.1, 0.15) is 22.9 Å². The zero-order valence-corrected chi connectivity index (χ0v) is 23.5. The fraction of sp³-hybridized carbons (Fsp3) is 0.357. The van der Waals surface area contributed by atoms with E-state index in [2.05, 4.69) is 20.4 Å². The first-order chi connectivity index (χ1) is 19.4. The molecule has 1 unspecified atom stereocenters. The predicted molar refractivity (Wildman–Crippen MR) is 151 cm³/mol. The molecule has 4 aromatic rings. The van der Waals surface area contributed by atoms with E-state index < -0.39 is 23.1 Å². The van der Waals surface area contributed by atoms with Crippen molar-refractivity contribution in [3.05, 3.63) is 70.7 Å². The maximum absolute atomic E-state index is 14.4. The number of Topliss-reactive ketones (excluding diaryl/α,β-unsaturated/α-hetero) is 1. The fourth-order valence-corrected chi connectivity index (χ4v) is 3.92. The number of anilines is 3. The van der Waals surface area contributed by atoms with Gasteiger partial charge in [-0.2, -0.15) is 9.61 Å². The summed E-state index contributed by atoms with van der Waals surface area (Å²) in [6, 6.07) is 7.12. The summed E-state index contributed by atoms with van der Waals surface area (Å²) in [5.41, 5.74) is -0.975. The van der Waals surface area contributed by atoms with Crippen LogP contribution in [0.3, 0.4) is 0 Å². The molecule has 0 fully saturated rings. The number of halogens is 1. The van der Waals surface area contributed by atoms with Gasteiger partial charge >= 0.3 is 6.09 Å². The van der Waals surface area contributed by atoms with E-state index in [9.17, 15) is 23.9 Å². The van der Waals surface area contributed by atoms with Crippen LogP contribution in [0.4, 0.5) is 26.5 Å². The molecule has 4 aromatic heterocycles. The van der Waals surface area contributed by atoms with Crippen LogP contribution in [0.25, 0.3) is 11.5 Å². The number of aliphatic hydroxyl groups excluding tert-OH is 1. The average molecular weight is 566 g/mol. The first-order valence-electron chi connectivity index (χ1n) is 13.0. The van der Waals surface area contributed by atoms with Gasteiger partial charge in [-0.1, -0.05) is 6.92 Å². The molecule has 2 N–H and O–H groups in total. The lowest BCUT2D eigenvalue weighted by atomic mass is 10.0. The van der Waals surface area contributed by atoms with Crippen LogP contribution in [0.2, 0.25) is 0 Å². The molecule has 0 bridgehead atoms. The molecule has 0 aliphatic rings. The molecular weight excluding hydrogens is 533 g/mol. The molecule has 1 amide bonds. The maximum Gasteiger partial charge on any atom is 0.415 e. The number of carbonyl (C=O) groups is 2. The molecule has 12 nitrogen and oxygen atoms in total. The number of aliphatic hydroxyl groups is 1. The van der Waals surface area contributed by atoms with E-state index in [-0.39, 0.29) is 59.1 Å². The van der Waals surface area contributed by atoms with E-state index in [0.717, 1.165) is 4.57 Å². The second-order valence-electron chi connectivity index (χ2n) is 10.6. The Bertz CT molecular complexity index is 1640. The third kappa shape index (κ3) is 6.57. The molecule has 0 spiro atoms. The predicted octanol–water partition coefficient (Wildman–Crippen LogP) is 4.12. The van der Waals surface area contributed by atoms with Crippen LogP contribution < -0.4 is 15.8 Å². The minimum absolute atomic E-state index is 0.0454. The Morgan fingerprint density at radius 1 is 1.24 bits per heavy atom. The summed E-state index contributed by atoms with van der Waals surface area (Å²) in [6.07, 6.45) is 4.06. The Kier molecular flexibility index (Phi) is 8.47. The second kappa shape index (κ2) is 11.8. The Morgan fingerprint density at radius 2 is 2.00 bits per heavy atom. The molecule has 0 aliphatic carbocycles. The zero-order valence-electron chi connectivity index (χ0n) is 23.5. The normalized spacial score (nSPS) is 12.3. The Labute approximate surface area is 235 Å². The lowest BCUT2D eigenvalue weighted by Crippen LogP contribution is -2.35. The van der Waals surface area contributed by atoms with Crippen molar-refractivity contribution in [2.24, 2.45) is 5.92 Å². The second-order valence-corrected chi connectivity index (χ2v) is 10.6. The van der Waals surface area contributed by atoms with E-state index in [4.69, 9.17) is 4.74 Å². The molecule has 0 aromatic carbocycles. The lowest BCUT2D eigenvalue weighted by Gasteiger charge is -2.25. The van der Waals surface area contributed by atoms with Crippen molar-refractivity contribution in [1.82, 2.24) is 24.1 Å². The van der Waals surface area contributed by atoms with Crippen LogP contribution in [0, 0.1) is 11.7 Å². The number of carbonyl (C=O) groups excluding carboxylic acids is 2. The van der Waals surface area contributed by atoms with Gasteiger partial charge < -0.3 is 15.2 Å². The lowest BCUT2D eigenvalue weighted by molar-refractivity contribution is 0.0587. The molecular formula is C28H32FN7O5. The molecule has 216 valence electrons. The minimum atomic E-state index is -0.775. The highest BCUT2D eigenvalue weighted by molar-refractivity contribution is 6.02. The van der Waals surface area contributed by atoms with Crippen LogP contribution >= 0.6 is 0 Å². The standard InChI is InChI=1S/C28H32FN7O5/c1-17(16-37)10-11-21(38)18-15-31-36-23(34(5)27(40)41-28(2,3)4)14-22(33-24(18)36)32-20-9-7-13-35(26(20)39)25-19(29)8-6-12-30-25/h6-9,12-15,17,37H,10-11,16H2,1-5H3,(H,32,33). The van der Waals surface area contributed by atoms with Gasteiger partial charge in [0.25, 0.3) is 5.56 Å². The number of nitrogens with one attached hydrogen (secondary N) is 1. The van der Waals surface area contributed by atoms with Gasteiger partial charge in [0, 0.05) is 38.5 Å². The zero-order chi connectivity index (χ0) is 29.9. The van der Waals surface area contributed by atoms with Gasteiger partial charge in [-0.15, -0.1) is 0 Å². The number of aromatic nitrogens is 5. The molecule has 1 atom stereocenters. The summed E-state index contributed by atoms with van der Waals surface area (Å²) < 4.78 is 22.3. The highest BCUT2D eigenvalue weighted by Crippen LogP contribution is 2.26. The number of ketones is 1. The first-order valence-corrected chi connectivity index (χ1v) is 13.0. The molecule has 0 radical (unpaired) electrons. The van der Waals surface area contributed by atoms with Gasteiger partial charge in [0.15, 0.2) is 23.1 Å². The summed E-state index contributed by atoms with van der Waals surface area (Å²) in [6.45, 7) is 6.99. The smallest absolute Gasteiger partial charge is 0.415 e. The summed E-state index contributed by atoms with van der Waals surface area (Å²) >= 11 is 0. The number of amides is 1. The summed E-state index contributed by atoms with van der Waals surface area (Å²) in [7, 11) is 1.48. The van der Waals surface area contributed by atoms with Crippen molar-refractivity contribution in [3.63, 3.8) is 0 Å². The third-order valence-corrected chi connectivity index (χ3v) is 6.12. The van der Waals surface area contributed by atoms with E-state index in [1.807, 2.05) is 6.92 Å². The Balaban J connectivity index is 1.80. The van der Waals surface area contributed by atoms with Crippen molar-refractivity contribution in [1.29, 1.82) is 0 Å². The third-order valence-electron chi connectivity index (χ3n) is 6.12. The number of hydrogen-bond donors (Lipinski definition) is 2. The molecule has 0 saturated heterocycles. The number of nitrogens with zero attached hydrogens (tertiary/aromatic N) is 6. The molecule has 41 heavy (non-hydrogen) atoms. The number of hydrogen-bond acceptors (Lipinski definition) is 9. The van der Waals surface area contributed by atoms with Gasteiger partial charge in [-0.25, -0.2) is 19.2 Å². The van der Waals surface area contributed by atoms with Crippen LogP contribution in [-0.4, -0.2) is 60.4 Å². The number of rotatable bonds is 9. The van der Waals surface area contributed by atoms with E-state index in [0.29, 0.717) is 6.42 Å². The van der Waals surface area contributed by atoms with Crippen LogP contribution in [0.1, 0.15) is 50.9 Å². The van der Waals surface area contributed by atoms with Crippen molar-refractivity contribution in [2.75, 3.05) is 23.9 Å². The van der Waals surface area contributed by atoms with Gasteiger partial charge in [0.2, 0.25) is 0 Å². The van der Waals surface area contributed by atoms with Gasteiger partial charge in [0.05, 0.1) is 11.8 Å². The minimum Gasteiger partial charge on any atom is -0.443 e. The largest absolute Gasteiger partial charge is 0.443 e. The van der Waals surface area contributed by atoms with Crippen LogP contribution in [-0.2, 0) is 4.74 Å². The molecule has 0 saturated carbocycles. The van der Waals surface area contributed by atoms with E-state index in [1.165, 1.54) is 59.3 Å². The fourth-order valence-electron chi connectivity index (χ4n) is 3.92. The molecule has 4 rings (SSSR count). The van der Waals surface area contributed by atoms with E-state index in [1.54, 1.807) is 26.8 Å². The van der Waals surface area contributed by atoms with Crippen molar-refractivity contribution in [2.45, 2.75) is 46.1 Å². The average Bonchev–Trinajstić information content (AvgIpc) is 3.35. The highest BCUT2D eigenvalue weighted by Gasteiger charge is 2.25. The number of pyridine rings is 2. The maximum atomic E-state index is 14.4. The van der Waals surface area contributed by atoms with Gasteiger partial charge in [-0.05, 0) is 57.4 Å². The Morgan fingerprint density at radius 3 is 2.68 bits per heavy atom. The molecule has 0 aliphatic heterocycles. The molecule has 13 heteroatoms. The monoisotopic (exact) mass is 565 g/mol. The summed E-state index contributed by atoms with van der Waals surface area (Å²) in [5, 5.41) is 16.6. The first kappa shape index (κ1) is 29.3.